The van der Waals surface area contributed by atoms with Gasteiger partial charge in [0.25, 0.3) is 0 Å². The summed E-state index contributed by atoms with van der Waals surface area (Å²) in [6.07, 6.45) is 13.9. The Bertz CT molecular complexity index is 301. The third-order valence-electron chi connectivity index (χ3n) is 5.32. The van der Waals surface area contributed by atoms with Crippen LogP contribution < -0.4 is 5.32 Å². The van der Waals surface area contributed by atoms with Gasteiger partial charge in [-0.2, -0.15) is 0 Å². The molecular formula is C19H37NO. The Morgan fingerprint density at radius 2 is 1.86 bits per heavy atom. The maximum Gasteiger partial charge on any atom is 0.0687 e. The summed E-state index contributed by atoms with van der Waals surface area (Å²) in [5.74, 6) is 0.776. The van der Waals surface area contributed by atoms with Crippen molar-refractivity contribution in [3.05, 3.63) is 0 Å². The molecule has 2 nitrogen and oxygen atoms in total. The van der Waals surface area contributed by atoms with Crippen LogP contribution in [0.1, 0.15) is 91.9 Å². The summed E-state index contributed by atoms with van der Waals surface area (Å²) in [5.41, 5.74) is 0.518. The first-order valence-corrected chi connectivity index (χ1v) is 9.35. The molecule has 1 heterocycles. The summed E-state index contributed by atoms with van der Waals surface area (Å²) in [7, 11) is 0. The zero-order valence-electron chi connectivity index (χ0n) is 14.8. The van der Waals surface area contributed by atoms with Crippen molar-refractivity contribution in [2.45, 2.75) is 109 Å². The molecule has 124 valence electrons. The highest BCUT2D eigenvalue weighted by molar-refractivity contribution is 4.92. The zero-order valence-corrected chi connectivity index (χ0v) is 14.8. The molecule has 2 aliphatic rings. The normalized spacial score (nSPS) is 27.1. The lowest BCUT2D eigenvalue weighted by Crippen LogP contribution is -2.40. The van der Waals surface area contributed by atoms with E-state index in [1.165, 1.54) is 64.2 Å². The molecule has 1 aliphatic carbocycles. The fourth-order valence-corrected chi connectivity index (χ4v) is 4.16. The van der Waals surface area contributed by atoms with Gasteiger partial charge in [-0.05, 0) is 71.8 Å². The monoisotopic (exact) mass is 295 g/mol. The van der Waals surface area contributed by atoms with Gasteiger partial charge < -0.3 is 10.1 Å². The molecule has 2 fully saturated rings. The first kappa shape index (κ1) is 17.3. The van der Waals surface area contributed by atoms with Crippen molar-refractivity contribution in [3.8, 4) is 0 Å². The van der Waals surface area contributed by atoms with E-state index in [0.717, 1.165) is 12.5 Å². The van der Waals surface area contributed by atoms with Crippen molar-refractivity contribution >= 4 is 0 Å². The standard InChI is InChI=1S/C19H37NO/c1-5-9-16(15-20-18(2,3)4)14-17-10-13-19(21-17)11-7-6-8-12-19/h16-17,20H,5-15H2,1-4H3. The van der Waals surface area contributed by atoms with E-state index in [9.17, 15) is 0 Å². The van der Waals surface area contributed by atoms with E-state index < -0.39 is 0 Å². The van der Waals surface area contributed by atoms with Gasteiger partial charge in [0.05, 0.1) is 11.7 Å². The SMILES string of the molecule is CCCC(CNC(C)(C)C)CC1CCC2(CCCCC2)O1. The Morgan fingerprint density at radius 3 is 2.48 bits per heavy atom. The average Bonchev–Trinajstić information content (AvgIpc) is 2.79. The summed E-state index contributed by atoms with van der Waals surface area (Å²) in [6, 6.07) is 0. The third kappa shape index (κ3) is 5.56. The van der Waals surface area contributed by atoms with Gasteiger partial charge in [-0.3, -0.25) is 0 Å². The molecule has 1 N–H and O–H groups in total. The van der Waals surface area contributed by atoms with Crippen LogP contribution in [0.2, 0.25) is 0 Å². The van der Waals surface area contributed by atoms with Gasteiger partial charge in [0, 0.05) is 5.54 Å². The molecule has 1 saturated carbocycles. The van der Waals surface area contributed by atoms with Crippen molar-refractivity contribution in [2.75, 3.05) is 6.54 Å². The molecule has 0 aromatic carbocycles. The van der Waals surface area contributed by atoms with Crippen molar-refractivity contribution < 1.29 is 4.74 Å². The zero-order chi connectivity index (χ0) is 15.3. The van der Waals surface area contributed by atoms with E-state index in [-0.39, 0.29) is 11.1 Å². The molecule has 0 aromatic heterocycles. The van der Waals surface area contributed by atoms with Crippen LogP contribution in [0.5, 0.6) is 0 Å². The van der Waals surface area contributed by atoms with Gasteiger partial charge in [-0.15, -0.1) is 0 Å². The highest BCUT2D eigenvalue weighted by atomic mass is 16.5. The van der Waals surface area contributed by atoms with Crippen LogP contribution in [0, 0.1) is 5.92 Å². The number of ether oxygens (including phenoxy) is 1. The lowest BCUT2D eigenvalue weighted by Gasteiger charge is -2.34. The molecule has 1 aliphatic heterocycles. The minimum Gasteiger partial charge on any atom is -0.372 e. The van der Waals surface area contributed by atoms with Crippen molar-refractivity contribution in [3.63, 3.8) is 0 Å². The predicted molar refractivity (Wildman–Crippen MR) is 90.7 cm³/mol. The molecule has 0 amide bonds. The lowest BCUT2D eigenvalue weighted by molar-refractivity contribution is -0.0701. The van der Waals surface area contributed by atoms with Gasteiger partial charge in [0.1, 0.15) is 0 Å². The van der Waals surface area contributed by atoms with E-state index in [1.807, 2.05) is 0 Å². The topological polar surface area (TPSA) is 21.3 Å². The van der Waals surface area contributed by atoms with Gasteiger partial charge in [0.15, 0.2) is 0 Å². The van der Waals surface area contributed by atoms with E-state index in [0.29, 0.717) is 6.10 Å². The number of hydrogen-bond donors (Lipinski definition) is 1. The highest BCUT2D eigenvalue weighted by Crippen LogP contribution is 2.43. The molecule has 0 aromatic rings. The second-order valence-electron chi connectivity index (χ2n) is 8.54. The van der Waals surface area contributed by atoms with Gasteiger partial charge >= 0.3 is 0 Å². The van der Waals surface area contributed by atoms with E-state index >= 15 is 0 Å². The van der Waals surface area contributed by atoms with Crippen LogP contribution in [0.3, 0.4) is 0 Å². The fourth-order valence-electron chi connectivity index (χ4n) is 4.16. The number of nitrogens with one attached hydrogen (secondary N) is 1. The number of rotatable bonds is 6. The Hall–Kier alpha value is -0.0800. The molecule has 0 bridgehead atoms. The second-order valence-corrected chi connectivity index (χ2v) is 8.54. The molecule has 2 rings (SSSR count). The molecule has 1 saturated heterocycles. The van der Waals surface area contributed by atoms with Gasteiger partial charge in [-0.1, -0.05) is 32.6 Å². The second kappa shape index (κ2) is 7.46. The summed E-state index contributed by atoms with van der Waals surface area (Å²) < 4.78 is 6.57. The third-order valence-corrected chi connectivity index (χ3v) is 5.32. The van der Waals surface area contributed by atoms with Crippen LogP contribution in [0.4, 0.5) is 0 Å². The average molecular weight is 296 g/mol. The van der Waals surface area contributed by atoms with Crippen molar-refractivity contribution in [1.82, 2.24) is 5.32 Å². The summed E-state index contributed by atoms with van der Waals surface area (Å²) in [6.45, 7) is 10.2. The molecule has 2 unspecified atom stereocenters. The quantitative estimate of drug-likeness (QED) is 0.739. The Morgan fingerprint density at radius 1 is 1.14 bits per heavy atom. The van der Waals surface area contributed by atoms with E-state index in [4.69, 9.17) is 4.74 Å². The van der Waals surface area contributed by atoms with Crippen LogP contribution in [0.25, 0.3) is 0 Å². The lowest BCUT2D eigenvalue weighted by atomic mass is 9.83. The molecule has 2 heteroatoms. The Kier molecular flexibility index (Phi) is 6.14. The molecule has 21 heavy (non-hydrogen) atoms. The largest absolute Gasteiger partial charge is 0.372 e. The molecule has 0 radical (unpaired) electrons. The minimum absolute atomic E-state index is 0.229. The Labute approximate surface area is 132 Å². The summed E-state index contributed by atoms with van der Waals surface area (Å²) in [4.78, 5) is 0. The predicted octanol–water partition coefficient (Wildman–Crippen LogP) is 5.06. The first-order chi connectivity index (χ1) is 9.92. The van der Waals surface area contributed by atoms with Crippen molar-refractivity contribution in [1.29, 1.82) is 0 Å². The first-order valence-electron chi connectivity index (χ1n) is 9.35. The van der Waals surface area contributed by atoms with Gasteiger partial charge in [-0.25, -0.2) is 0 Å². The van der Waals surface area contributed by atoms with Crippen LogP contribution in [0.15, 0.2) is 0 Å². The highest BCUT2D eigenvalue weighted by Gasteiger charge is 2.41. The summed E-state index contributed by atoms with van der Waals surface area (Å²) in [5, 5.41) is 3.70. The van der Waals surface area contributed by atoms with Crippen LogP contribution >= 0.6 is 0 Å². The maximum atomic E-state index is 6.57. The van der Waals surface area contributed by atoms with Crippen LogP contribution in [-0.2, 0) is 4.74 Å². The summed E-state index contributed by atoms with van der Waals surface area (Å²) >= 11 is 0. The maximum absolute atomic E-state index is 6.57. The van der Waals surface area contributed by atoms with Crippen molar-refractivity contribution in [2.24, 2.45) is 5.92 Å². The van der Waals surface area contributed by atoms with Crippen LogP contribution in [-0.4, -0.2) is 23.8 Å². The molecular weight excluding hydrogens is 258 g/mol. The molecule has 1 spiro atoms. The minimum atomic E-state index is 0.229. The number of hydrogen-bond acceptors (Lipinski definition) is 2. The van der Waals surface area contributed by atoms with E-state index in [1.54, 1.807) is 0 Å². The molecule has 2 atom stereocenters. The fraction of sp³-hybridized carbons (Fsp3) is 1.00. The van der Waals surface area contributed by atoms with E-state index in [2.05, 4.69) is 33.0 Å². The Balaban J connectivity index is 1.80. The van der Waals surface area contributed by atoms with Gasteiger partial charge in [0.2, 0.25) is 0 Å². The smallest absolute Gasteiger partial charge is 0.0687 e.